The van der Waals surface area contributed by atoms with Gasteiger partial charge >= 0.3 is 0 Å². The minimum atomic E-state index is -3.41. The summed E-state index contributed by atoms with van der Waals surface area (Å²) in [6.45, 7) is 1.61. The molecule has 1 amide bonds. The van der Waals surface area contributed by atoms with Crippen LogP contribution < -0.4 is 5.32 Å². The van der Waals surface area contributed by atoms with Crippen molar-refractivity contribution < 1.29 is 23.1 Å². The molecule has 10 nitrogen and oxygen atoms in total. The van der Waals surface area contributed by atoms with Crippen molar-refractivity contribution in [3.63, 3.8) is 0 Å². The number of nitrogens with one attached hydrogen (secondary N) is 1. The van der Waals surface area contributed by atoms with Crippen molar-refractivity contribution in [2.45, 2.75) is 54.8 Å². The number of benzene rings is 1. The summed E-state index contributed by atoms with van der Waals surface area (Å²) in [4.78, 5) is 13.8. The van der Waals surface area contributed by atoms with Crippen LogP contribution in [0.4, 0.5) is 5.82 Å². The van der Waals surface area contributed by atoms with E-state index in [2.05, 4.69) is 15.5 Å². The lowest BCUT2D eigenvalue weighted by atomic mass is 9.92. The molecule has 2 N–H and O–H groups in total. The molecular formula is C23H29N5O5S. The second-order valence-electron chi connectivity index (χ2n) is 9.01. The van der Waals surface area contributed by atoms with Gasteiger partial charge in [0.1, 0.15) is 6.04 Å². The van der Waals surface area contributed by atoms with E-state index < -0.39 is 15.9 Å². The molecule has 2 aromatic heterocycles. The van der Waals surface area contributed by atoms with Crippen LogP contribution >= 0.6 is 0 Å². The number of hydrogen-bond acceptors (Lipinski definition) is 7. The predicted molar refractivity (Wildman–Crippen MR) is 125 cm³/mol. The molecule has 1 aliphatic heterocycles. The fourth-order valence-electron chi connectivity index (χ4n) is 4.58. The largest absolute Gasteiger partial charge is 0.394 e. The van der Waals surface area contributed by atoms with Gasteiger partial charge in [-0.3, -0.25) is 14.2 Å². The summed E-state index contributed by atoms with van der Waals surface area (Å²) in [7, 11) is -3.41. The van der Waals surface area contributed by atoms with Gasteiger partial charge in [-0.25, -0.2) is 8.42 Å². The number of ether oxygens (including phenoxy) is 1. The molecule has 0 bridgehead atoms. The Morgan fingerprint density at radius 2 is 2.00 bits per heavy atom. The Morgan fingerprint density at radius 1 is 1.21 bits per heavy atom. The molecule has 2 fully saturated rings. The van der Waals surface area contributed by atoms with Crippen LogP contribution in [0.2, 0.25) is 0 Å². The van der Waals surface area contributed by atoms with Gasteiger partial charge in [-0.2, -0.15) is 10.2 Å². The van der Waals surface area contributed by atoms with Gasteiger partial charge in [-0.05, 0) is 50.2 Å². The standard InChI is InChI=1S/C23H29N5O5S/c29-11-10-27-9-6-22(26-27)25-23(30)20(14-16-7-12-33-13-8-16)28-19-2-1-3-21(18(19)15-24-28)34(31,32)17-4-5-17/h1-3,6,9,15-17,20,29H,4-5,7-8,10-14H2,(H,25,26,30). The molecule has 1 saturated heterocycles. The summed E-state index contributed by atoms with van der Waals surface area (Å²) >= 11 is 0. The molecule has 34 heavy (non-hydrogen) atoms. The second kappa shape index (κ2) is 9.47. The maximum atomic E-state index is 13.5. The lowest BCUT2D eigenvalue weighted by Gasteiger charge is -2.26. The third kappa shape index (κ3) is 4.59. The summed E-state index contributed by atoms with van der Waals surface area (Å²) < 4.78 is 34.6. The van der Waals surface area contributed by atoms with Crippen LogP contribution in [-0.2, 0) is 25.9 Å². The number of amides is 1. The first-order valence-electron chi connectivity index (χ1n) is 11.7. The molecular weight excluding hydrogens is 458 g/mol. The van der Waals surface area contributed by atoms with E-state index >= 15 is 0 Å². The maximum absolute atomic E-state index is 13.5. The Kier molecular flexibility index (Phi) is 6.41. The van der Waals surface area contributed by atoms with Gasteiger partial charge in [0.2, 0.25) is 5.91 Å². The summed E-state index contributed by atoms with van der Waals surface area (Å²) in [5.41, 5.74) is 0.625. The number of aliphatic hydroxyl groups is 1. The number of sulfone groups is 1. The average molecular weight is 488 g/mol. The number of aromatic nitrogens is 4. The van der Waals surface area contributed by atoms with Gasteiger partial charge in [0.05, 0.1) is 35.0 Å². The van der Waals surface area contributed by atoms with Crippen molar-refractivity contribution in [2.75, 3.05) is 25.1 Å². The number of fused-ring (bicyclic) bond motifs is 1. The van der Waals surface area contributed by atoms with E-state index in [1.54, 1.807) is 40.0 Å². The number of anilines is 1. The number of rotatable bonds is 9. The Balaban J connectivity index is 1.48. The molecule has 1 unspecified atom stereocenters. The van der Waals surface area contributed by atoms with Gasteiger partial charge in [0, 0.05) is 30.9 Å². The van der Waals surface area contributed by atoms with E-state index in [1.807, 2.05) is 6.07 Å². The number of nitrogens with zero attached hydrogens (tertiary/aromatic N) is 4. The summed E-state index contributed by atoms with van der Waals surface area (Å²) in [6, 6.07) is 6.20. The van der Waals surface area contributed by atoms with E-state index in [1.165, 1.54) is 0 Å². The number of hydrogen-bond donors (Lipinski definition) is 2. The van der Waals surface area contributed by atoms with Crippen LogP contribution in [0.25, 0.3) is 10.9 Å². The molecule has 11 heteroatoms. The fourth-order valence-corrected chi connectivity index (χ4v) is 6.43. The number of carbonyl (C=O) groups is 1. The van der Waals surface area contributed by atoms with Crippen LogP contribution in [0.3, 0.4) is 0 Å². The highest BCUT2D eigenvalue weighted by atomic mass is 32.2. The molecule has 1 saturated carbocycles. The summed E-state index contributed by atoms with van der Waals surface area (Å²) in [6.07, 6.45) is 6.89. The van der Waals surface area contributed by atoms with E-state index in [4.69, 9.17) is 9.84 Å². The lowest BCUT2D eigenvalue weighted by Crippen LogP contribution is -2.30. The molecule has 182 valence electrons. The van der Waals surface area contributed by atoms with Crippen LogP contribution in [-0.4, -0.2) is 64.1 Å². The number of carbonyl (C=O) groups excluding carboxylic acids is 1. The third-order valence-electron chi connectivity index (χ3n) is 6.59. The van der Waals surface area contributed by atoms with Gasteiger partial charge < -0.3 is 15.2 Å². The zero-order chi connectivity index (χ0) is 23.7. The zero-order valence-corrected chi connectivity index (χ0v) is 19.7. The molecule has 1 aromatic carbocycles. The van der Waals surface area contributed by atoms with Gasteiger partial charge in [-0.15, -0.1) is 0 Å². The SMILES string of the molecule is O=C(Nc1ccn(CCO)n1)C(CC1CCOCC1)n1ncc2c(S(=O)(=O)C3CC3)cccc21. The van der Waals surface area contributed by atoms with Crippen LogP contribution in [0.5, 0.6) is 0 Å². The summed E-state index contributed by atoms with van der Waals surface area (Å²) in [5, 5.41) is 21.0. The van der Waals surface area contributed by atoms with Crippen molar-refractivity contribution in [1.82, 2.24) is 19.6 Å². The maximum Gasteiger partial charge on any atom is 0.250 e. The van der Waals surface area contributed by atoms with Crippen LogP contribution in [0.15, 0.2) is 41.6 Å². The highest BCUT2D eigenvalue weighted by Crippen LogP contribution is 2.37. The monoisotopic (exact) mass is 487 g/mol. The van der Waals surface area contributed by atoms with Crippen LogP contribution in [0, 0.1) is 5.92 Å². The lowest BCUT2D eigenvalue weighted by molar-refractivity contribution is -0.120. The third-order valence-corrected chi connectivity index (χ3v) is 8.91. The summed E-state index contributed by atoms with van der Waals surface area (Å²) in [5.74, 6) is 0.416. The molecule has 3 heterocycles. The smallest absolute Gasteiger partial charge is 0.250 e. The molecule has 1 aliphatic carbocycles. The van der Waals surface area contributed by atoms with Gasteiger partial charge in [-0.1, -0.05) is 6.07 Å². The molecule has 1 atom stereocenters. The predicted octanol–water partition coefficient (Wildman–Crippen LogP) is 2.16. The fraction of sp³-hybridized carbons (Fsp3) is 0.522. The highest BCUT2D eigenvalue weighted by molar-refractivity contribution is 7.92. The first-order valence-corrected chi connectivity index (χ1v) is 13.2. The normalized spacial score (nSPS) is 18.3. The van der Waals surface area contributed by atoms with Crippen molar-refractivity contribution >= 4 is 32.5 Å². The average Bonchev–Trinajstić information content (AvgIpc) is 3.49. The first-order chi connectivity index (χ1) is 16.5. The molecule has 0 spiro atoms. The molecule has 3 aromatic rings. The van der Waals surface area contributed by atoms with Crippen molar-refractivity contribution in [2.24, 2.45) is 5.92 Å². The first kappa shape index (κ1) is 23.0. The van der Waals surface area contributed by atoms with E-state index in [0.29, 0.717) is 55.7 Å². The van der Waals surface area contributed by atoms with E-state index in [-0.39, 0.29) is 28.6 Å². The minimum Gasteiger partial charge on any atom is -0.394 e. The molecule has 2 aliphatic rings. The highest BCUT2D eigenvalue weighted by Gasteiger charge is 2.38. The Labute approximate surface area is 197 Å². The van der Waals surface area contributed by atoms with Crippen molar-refractivity contribution in [3.05, 3.63) is 36.7 Å². The van der Waals surface area contributed by atoms with Gasteiger partial charge in [0.25, 0.3) is 0 Å². The van der Waals surface area contributed by atoms with E-state index in [9.17, 15) is 13.2 Å². The van der Waals surface area contributed by atoms with Crippen molar-refractivity contribution in [1.29, 1.82) is 0 Å². The topological polar surface area (TPSA) is 128 Å². The minimum absolute atomic E-state index is 0.0488. The zero-order valence-electron chi connectivity index (χ0n) is 18.8. The quantitative estimate of drug-likeness (QED) is 0.473. The number of aliphatic hydroxyl groups excluding tert-OH is 1. The van der Waals surface area contributed by atoms with Crippen molar-refractivity contribution in [3.8, 4) is 0 Å². The second-order valence-corrected chi connectivity index (χ2v) is 11.2. The van der Waals surface area contributed by atoms with Crippen LogP contribution in [0.1, 0.15) is 38.1 Å². The Morgan fingerprint density at radius 3 is 2.74 bits per heavy atom. The Hall–Kier alpha value is -2.76. The molecule has 5 rings (SSSR count). The van der Waals surface area contributed by atoms with E-state index in [0.717, 1.165) is 12.8 Å². The Bertz CT molecular complexity index is 1270. The molecule has 0 radical (unpaired) electrons. The van der Waals surface area contributed by atoms with Gasteiger partial charge in [0.15, 0.2) is 15.7 Å².